The molecule has 0 saturated carbocycles. The van der Waals surface area contributed by atoms with E-state index in [-0.39, 0.29) is 10.1 Å². The summed E-state index contributed by atoms with van der Waals surface area (Å²) in [6.07, 6.45) is -0.705. The summed E-state index contributed by atoms with van der Waals surface area (Å²) in [5.74, 6) is -0.0424. The number of hydrogen-bond acceptors (Lipinski definition) is 3. The molecule has 0 fully saturated rings. The van der Waals surface area contributed by atoms with E-state index in [0.717, 1.165) is 4.47 Å². The first kappa shape index (κ1) is 12.7. The molecule has 1 aliphatic heterocycles. The molecular weight excluding hydrogens is 331 g/mol. The van der Waals surface area contributed by atoms with Crippen LogP contribution in [-0.2, 0) is 9.53 Å². The number of carbonyl (C=O) groups excluding carboxylic acids is 1. The number of esters is 1. The van der Waals surface area contributed by atoms with Crippen molar-refractivity contribution in [2.45, 2.75) is 6.10 Å². The molecule has 0 N–H and O–H groups in total. The Kier molecular flexibility index (Phi) is 3.66. The Balaban J connectivity index is 2.48. The standard InChI is InChI=1S/C11H7BrCl2O3/c1-16-7-3-2-5(12)4-6(7)10-8(13)9(14)11(15)17-10/h2-4,10H,1H3. The monoisotopic (exact) mass is 336 g/mol. The van der Waals surface area contributed by atoms with Crippen LogP contribution in [0.4, 0.5) is 0 Å². The lowest BCUT2D eigenvalue weighted by Gasteiger charge is -2.14. The molecule has 1 aliphatic rings. The first-order valence-corrected chi connectivity index (χ1v) is 6.19. The van der Waals surface area contributed by atoms with E-state index in [9.17, 15) is 4.79 Å². The second-order valence-corrected chi connectivity index (χ2v) is 5.03. The van der Waals surface area contributed by atoms with Crippen molar-refractivity contribution in [2.75, 3.05) is 7.11 Å². The minimum Gasteiger partial charge on any atom is -0.496 e. The zero-order chi connectivity index (χ0) is 12.6. The third-order valence-corrected chi connectivity index (χ3v) is 3.65. The molecule has 2 rings (SSSR count). The zero-order valence-corrected chi connectivity index (χ0v) is 11.8. The van der Waals surface area contributed by atoms with Crippen molar-refractivity contribution >= 4 is 45.1 Å². The quantitative estimate of drug-likeness (QED) is 0.771. The third-order valence-electron chi connectivity index (χ3n) is 2.32. The van der Waals surface area contributed by atoms with E-state index in [1.807, 2.05) is 6.07 Å². The van der Waals surface area contributed by atoms with Gasteiger partial charge in [0.15, 0.2) is 6.10 Å². The summed E-state index contributed by atoms with van der Waals surface area (Å²) in [6, 6.07) is 5.34. The van der Waals surface area contributed by atoms with Gasteiger partial charge in [-0.3, -0.25) is 0 Å². The molecule has 0 spiro atoms. The predicted molar refractivity (Wildman–Crippen MR) is 68.3 cm³/mol. The number of ether oxygens (including phenoxy) is 2. The van der Waals surface area contributed by atoms with E-state index in [2.05, 4.69) is 15.9 Å². The van der Waals surface area contributed by atoms with E-state index < -0.39 is 12.1 Å². The van der Waals surface area contributed by atoms with Crippen LogP contribution >= 0.6 is 39.1 Å². The minimum atomic E-state index is -0.705. The number of benzene rings is 1. The van der Waals surface area contributed by atoms with Crippen molar-refractivity contribution < 1.29 is 14.3 Å². The number of carbonyl (C=O) groups is 1. The average molecular weight is 338 g/mol. The molecular formula is C11H7BrCl2O3. The molecule has 1 heterocycles. The summed E-state index contributed by atoms with van der Waals surface area (Å²) in [4.78, 5) is 11.3. The summed E-state index contributed by atoms with van der Waals surface area (Å²) in [6.45, 7) is 0. The largest absolute Gasteiger partial charge is 0.496 e. The molecule has 1 aromatic carbocycles. The second kappa shape index (κ2) is 4.88. The highest BCUT2D eigenvalue weighted by Crippen LogP contribution is 2.43. The summed E-state index contributed by atoms with van der Waals surface area (Å²) < 4.78 is 11.1. The molecule has 1 atom stereocenters. The summed E-state index contributed by atoms with van der Waals surface area (Å²) in [7, 11) is 1.53. The van der Waals surface area contributed by atoms with Gasteiger partial charge >= 0.3 is 5.97 Å². The average Bonchev–Trinajstić information content (AvgIpc) is 2.57. The van der Waals surface area contributed by atoms with Gasteiger partial charge in [-0.1, -0.05) is 39.1 Å². The van der Waals surface area contributed by atoms with Crippen LogP contribution in [0.15, 0.2) is 32.7 Å². The maximum Gasteiger partial charge on any atom is 0.352 e. The minimum absolute atomic E-state index is 0.0845. The molecule has 6 heteroatoms. The van der Waals surface area contributed by atoms with Gasteiger partial charge in [-0.25, -0.2) is 4.79 Å². The molecule has 0 aliphatic carbocycles. The third kappa shape index (κ3) is 2.30. The summed E-state index contributed by atoms with van der Waals surface area (Å²) >= 11 is 15.0. The number of cyclic esters (lactones) is 1. The van der Waals surface area contributed by atoms with Crippen LogP contribution in [0.1, 0.15) is 11.7 Å². The first-order valence-electron chi connectivity index (χ1n) is 4.64. The number of hydrogen-bond donors (Lipinski definition) is 0. The molecule has 3 nitrogen and oxygen atoms in total. The van der Waals surface area contributed by atoms with Crippen LogP contribution in [-0.4, -0.2) is 13.1 Å². The van der Waals surface area contributed by atoms with Crippen LogP contribution in [0.2, 0.25) is 0 Å². The highest BCUT2D eigenvalue weighted by Gasteiger charge is 2.35. The zero-order valence-electron chi connectivity index (χ0n) is 8.67. The SMILES string of the molecule is COc1ccc(Br)cc1C1OC(=O)C(Cl)=C1Cl. The van der Waals surface area contributed by atoms with Gasteiger partial charge in [-0.15, -0.1) is 0 Å². The molecule has 90 valence electrons. The Hall–Kier alpha value is -0.710. The van der Waals surface area contributed by atoms with Crippen molar-refractivity contribution in [1.82, 2.24) is 0 Å². The molecule has 0 amide bonds. The van der Waals surface area contributed by atoms with E-state index >= 15 is 0 Å². The Morgan fingerprint density at radius 3 is 2.65 bits per heavy atom. The second-order valence-electron chi connectivity index (χ2n) is 3.33. The van der Waals surface area contributed by atoms with Gasteiger partial charge < -0.3 is 9.47 Å². The normalized spacial score (nSPS) is 19.5. The van der Waals surface area contributed by atoms with Crippen molar-refractivity contribution in [3.8, 4) is 5.75 Å². The fourth-order valence-corrected chi connectivity index (χ4v) is 2.29. The lowest BCUT2D eigenvalue weighted by Crippen LogP contribution is -2.04. The molecule has 1 aromatic rings. The van der Waals surface area contributed by atoms with Crippen LogP contribution in [0, 0.1) is 0 Å². The van der Waals surface area contributed by atoms with Crippen LogP contribution in [0.25, 0.3) is 0 Å². The fraction of sp³-hybridized carbons (Fsp3) is 0.182. The smallest absolute Gasteiger partial charge is 0.352 e. The molecule has 17 heavy (non-hydrogen) atoms. The van der Waals surface area contributed by atoms with Crippen LogP contribution < -0.4 is 4.74 Å². The summed E-state index contributed by atoms with van der Waals surface area (Å²) in [5.41, 5.74) is 0.649. The first-order chi connectivity index (χ1) is 8.04. The Morgan fingerprint density at radius 2 is 2.12 bits per heavy atom. The van der Waals surface area contributed by atoms with Gasteiger partial charge in [0.25, 0.3) is 0 Å². The van der Waals surface area contributed by atoms with E-state index in [4.69, 9.17) is 32.7 Å². The lowest BCUT2D eigenvalue weighted by molar-refractivity contribution is -0.139. The molecule has 0 aromatic heterocycles. The van der Waals surface area contributed by atoms with E-state index in [1.165, 1.54) is 7.11 Å². The molecule has 0 saturated heterocycles. The van der Waals surface area contributed by atoms with E-state index in [0.29, 0.717) is 11.3 Å². The highest BCUT2D eigenvalue weighted by molar-refractivity contribution is 9.10. The fourth-order valence-electron chi connectivity index (χ4n) is 1.53. The number of methoxy groups -OCH3 is 1. The maximum atomic E-state index is 11.3. The van der Waals surface area contributed by atoms with Gasteiger partial charge in [0.1, 0.15) is 10.8 Å². The van der Waals surface area contributed by atoms with Crippen LogP contribution in [0.3, 0.4) is 0 Å². The van der Waals surface area contributed by atoms with Gasteiger partial charge in [-0.2, -0.15) is 0 Å². The van der Waals surface area contributed by atoms with Crippen molar-refractivity contribution in [1.29, 1.82) is 0 Å². The van der Waals surface area contributed by atoms with Gasteiger partial charge in [0, 0.05) is 10.0 Å². The van der Waals surface area contributed by atoms with E-state index in [1.54, 1.807) is 12.1 Å². The lowest BCUT2D eigenvalue weighted by atomic mass is 10.1. The number of halogens is 3. The molecule has 1 unspecified atom stereocenters. The number of rotatable bonds is 2. The summed E-state index contributed by atoms with van der Waals surface area (Å²) in [5, 5.41) is 0.0896. The van der Waals surface area contributed by atoms with Gasteiger partial charge in [-0.05, 0) is 18.2 Å². The predicted octanol–water partition coefficient (Wildman–Crippen LogP) is 3.74. The molecule has 0 radical (unpaired) electrons. The van der Waals surface area contributed by atoms with Crippen molar-refractivity contribution in [2.24, 2.45) is 0 Å². The van der Waals surface area contributed by atoms with Crippen molar-refractivity contribution in [3.05, 3.63) is 38.3 Å². The Morgan fingerprint density at radius 1 is 1.41 bits per heavy atom. The Labute approximate surface area is 116 Å². The topological polar surface area (TPSA) is 35.5 Å². The van der Waals surface area contributed by atoms with Gasteiger partial charge in [0.2, 0.25) is 0 Å². The van der Waals surface area contributed by atoms with Crippen LogP contribution in [0.5, 0.6) is 5.75 Å². The molecule has 0 bridgehead atoms. The van der Waals surface area contributed by atoms with Crippen molar-refractivity contribution in [3.63, 3.8) is 0 Å². The van der Waals surface area contributed by atoms with Gasteiger partial charge in [0.05, 0.1) is 12.1 Å². The highest BCUT2D eigenvalue weighted by atomic mass is 79.9. The maximum absolute atomic E-state index is 11.3. The Bertz CT molecular complexity index is 513.